The average Bonchev–Trinajstić information content (AvgIpc) is 2.57. The standard InChI is InChI=1S/C18H17F4NO4S/c1-12-2-6-16(7-3-12)28(24,25)27-23-9-15(10-23)26-11-13-4-5-14(8-17(13)19)18(20,21)22/h2-8,15H,9-11H2,1H3. The number of aryl methyl sites for hydroxylation is 1. The van der Waals surface area contributed by atoms with Crippen molar-refractivity contribution in [2.45, 2.75) is 30.7 Å². The van der Waals surface area contributed by atoms with Gasteiger partial charge in [0, 0.05) is 5.56 Å². The molecule has 0 aromatic heterocycles. The number of hydrogen-bond donors (Lipinski definition) is 0. The van der Waals surface area contributed by atoms with Gasteiger partial charge >= 0.3 is 16.3 Å². The molecular weight excluding hydrogens is 402 g/mol. The van der Waals surface area contributed by atoms with E-state index in [0.29, 0.717) is 6.07 Å². The minimum atomic E-state index is -4.62. The minimum absolute atomic E-state index is 0.0142. The van der Waals surface area contributed by atoms with Gasteiger partial charge in [-0.25, -0.2) is 4.39 Å². The van der Waals surface area contributed by atoms with E-state index in [0.717, 1.165) is 17.7 Å². The average molecular weight is 419 g/mol. The van der Waals surface area contributed by atoms with E-state index in [1.807, 2.05) is 6.92 Å². The summed E-state index contributed by atoms with van der Waals surface area (Å²) in [5, 5.41) is 1.18. The number of benzene rings is 2. The van der Waals surface area contributed by atoms with E-state index in [1.165, 1.54) is 17.2 Å². The molecule has 0 saturated carbocycles. The molecule has 5 nitrogen and oxygen atoms in total. The normalized spacial score (nSPS) is 16.2. The van der Waals surface area contributed by atoms with E-state index in [-0.39, 0.29) is 30.2 Å². The fourth-order valence-electron chi connectivity index (χ4n) is 2.50. The van der Waals surface area contributed by atoms with Crippen LogP contribution in [0.3, 0.4) is 0 Å². The molecule has 2 aromatic carbocycles. The lowest BCUT2D eigenvalue weighted by molar-refractivity contribution is -0.184. The van der Waals surface area contributed by atoms with Crippen LogP contribution in [0.25, 0.3) is 0 Å². The molecule has 0 radical (unpaired) electrons. The summed E-state index contributed by atoms with van der Waals surface area (Å²) in [4.78, 5) is 0.0225. The summed E-state index contributed by atoms with van der Waals surface area (Å²) in [7, 11) is -3.95. The molecule has 1 fully saturated rings. The Bertz CT molecular complexity index is 939. The van der Waals surface area contributed by atoms with Crippen molar-refractivity contribution in [2.75, 3.05) is 13.1 Å². The molecule has 28 heavy (non-hydrogen) atoms. The van der Waals surface area contributed by atoms with Crippen molar-refractivity contribution < 1.29 is 35.0 Å². The molecule has 1 aliphatic rings. The highest BCUT2D eigenvalue weighted by atomic mass is 32.2. The van der Waals surface area contributed by atoms with E-state index in [4.69, 9.17) is 9.02 Å². The molecule has 0 aliphatic carbocycles. The SMILES string of the molecule is Cc1ccc(S(=O)(=O)ON2CC(OCc3ccc(C(F)(F)F)cc3F)C2)cc1. The van der Waals surface area contributed by atoms with E-state index in [9.17, 15) is 26.0 Å². The molecule has 1 heterocycles. The van der Waals surface area contributed by atoms with Crippen LogP contribution < -0.4 is 0 Å². The number of alkyl halides is 3. The van der Waals surface area contributed by atoms with Crippen LogP contribution in [0.4, 0.5) is 17.6 Å². The van der Waals surface area contributed by atoms with Gasteiger partial charge in [0.25, 0.3) is 0 Å². The van der Waals surface area contributed by atoms with Crippen molar-refractivity contribution in [1.82, 2.24) is 5.06 Å². The molecule has 2 aromatic rings. The van der Waals surface area contributed by atoms with Crippen molar-refractivity contribution in [3.8, 4) is 0 Å². The zero-order chi connectivity index (χ0) is 20.5. The van der Waals surface area contributed by atoms with Gasteiger partial charge in [0.1, 0.15) is 5.82 Å². The zero-order valence-corrected chi connectivity index (χ0v) is 15.6. The van der Waals surface area contributed by atoms with Crippen LogP contribution >= 0.6 is 0 Å². The second-order valence-corrected chi connectivity index (χ2v) is 7.95. The maximum atomic E-state index is 13.8. The van der Waals surface area contributed by atoms with Gasteiger partial charge in [0.15, 0.2) is 0 Å². The molecule has 0 spiro atoms. The van der Waals surface area contributed by atoms with E-state index >= 15 is 0 Å². The van der Waals surface area contributed by atoms with Gasteiger partial charge in [-0.05, 0) is 31.2 Å². The molecule has 0 unspecified atom stereocenters. The Labute approximate surface area is 159 Å². The first kappa shape index (κ1) is 20.7. The van der Waals surface area contributed by atoms with E-state index in [1.54, 1.807) is 12.1 Å². The van der Waals surface area contributed by atoms with Crippen molar-refractivity contribution in [1.29, 1.82) is 0 Å². The van der Waals surface area contributed by atoms with Gasteiger partial charge in [-0.3, -0.25) is 0 Å². The minimum Gasteiger partial charge on any atom is -0.371 e. The molecule has 1 aliphatic heterocycles. The van der Waals surface area contributed by atoms with Crippen LogP contribution in [0.2, 0.25) is 0 Å². The number of hydroxylamine groups is 2. The predicted molar refractivity (Wildman–Crippen MR) is 91.0 cm³/mol. The second kappa shape index (κ2) is 7.78. The van der Waals surface area contributed by atoms with Crippen molar-refractivity contribution >= 4 is 10.1 Å². The molecule has 0 N–H and O–H groups in total. The van der Waals surface area contributed by atoms with Crippen LogP contribution in [0.15, 0.2) is 47.4 Å². The molecule has 152 valence electrons. The van der Waals surface area contributed by atoms with Gasteiger partial charge in [-0.1, -0.05) is 23.8 Å². The van der Waals surface area contributed by atoms with Crippen molar-refractivity contribution in [3.05, 3.63) is 65.0 Å². The summed E-state index contributed by atoms with van der Waals surface area (Å²) in [6, 6.07) is 8.40. The monoisotopic (exact) mass is 419 g/mol. The van der Waals surface area contributed by atoms with Crippen LogP contribution in [0, 0.1) is 12.7 Å². The Morgan fingerprint density at radius 3 is 2.32 bits per heavy atom. The Morgan fingerprint density at radius 2 is 1.75 bits per heavy atom. The first-order chi connectivity index (χ1) is 13.0. The Hall–Kier alpha value is -2.01. The summed E-state index contributed by atoms with van der Waals surface area (Å²) < 4.78 is 86.0. The number of nitrogens with zero attached hydrogens (tertiary/aromatic N) is 1. The fraction of sp³-hybridized carbons (Fsp3) is 0.333. The molecule has 3 rings (SSSR count). The third kappa shape index (κ3) is 4.88. The Morgan fingerprint density at radius 1 is 1.11 bits per heavy atom. The van der Waals surface area contributed by atoms with Gasteiger partial charge < -0.3 is 4.74 Å². The third-order valence-corrected chi connectivity index (χ3v) is 5.44. The lowest BCUT2D eigenvalue weighted by Gasteiger charge is -2.36. The van der Waals surface area contributed by atoms with Crippen LogP contribution in [0.5, 0.6) is 0 Å². The van der Waals surface area contributed by atoms with Crippen molar-refractivity contribution in [3.63, 3.8) is 0 Å². The molecule has 0 bridgehead atoms. The lowest BCUT2D eigenvalue weighted by Crippen LogP contribution is -2.52. The van der Waals surface area contributed by atoms with Gasteiger partial charge in [-0.15, -0.1) is 0 Å². The molecule has 0 amide bonds. The molecule has 10 heteroatoms. The smallest absolute Gasteiger partial charge is 0.371 e. The third-order valence-electron chi connectivity index (χ3n) is 4.18. The Balaban J connectivity index is 1.49. The second-order valence-electron chi connectivity index (χ2n) is 6.43. The zero-order valence-electron chi connectivity index (χ0n) is 14.7. The van der Waals surface area contributed by atoms with Gasteiger partial charge in [-0.2, -0.15) is 30.9 Å². The van der Waals surface area contributed by atoms with Crippen LogP contribution in [-0.4, -0.2) is 32.7 Å². The first-order valence-electron chi connectivity index (χ1n) is 8.28. The molecule has 1 saturated heterocycles. The molecule has 0 atom stereocenters. The number of halogens is 4. The van der Waals surface area contributed by atoms with E-state index < -0.39 is 33.8 Å². The summed E-state index contributed by atoms with van der Waals surface area (Å²) >= 11 is 0. The predicted octanol–water partition coefficient (Wildman–Crippen LogP) is 3.67. The van der Waals surface area contributed by atoms with E-state index in [2.05, 4.69) is 0 Å². The topological polar surface area (TPSA) is 55.8 Å². The summed E-state index contributed by atoms with van der Waals surface area (Å²) in [5.41, 5.74) is -0.176. The number of hydrogen-bond acceptors (Lipinski definition) is 5. The molecular formula is C18H17F4NO4S. The maximum Gasteiger partial charge on any atom is 0.416 e. The highest BCUT2D eigenvalue weighted by Crippen LogP contribution is 2.30. The Kier molecular flexibility index (Phi) is 5.76. The van der Waals surface area contributed by atoms with Gasteiger partial charge in [0.2, 0.25) is 0 Å². The van der Waals surface area contributed by atoms with Crippen LogP contribution in [-0.2, 0) is 31.9 Å². The lowest BCUT2D eigenvalue weighted by atomic mass is 10.1. The highest BCUT2D eigenvalue weighted by Gasteiger charge is 2.34. The van der Waals surface area contributed by atoms with Gasteiger partial charge in [0.05, 0.1) is 36.3 Å². The fourth-order valence-corrected chi connectivity index (χ4v) is 3.46. The first-order valence-corrected chi connectivity index (χ1v) is 9.69. The summed E-state index contributed by atoms with van der Waals surface area (Å²) in [6.45, 7) is 1.86. The highest BCUT2D eigenvalue weighted by molar-refractivity contribution is 7.86. The summed E-state index contributed by atoms with van der Waals surface area (Å²) in [5.74, 6) is -1.01. The maximum absolute atomic E-state index is 13.8. The number of rotatable bonds is 6. The number of ether oxygens (including phenoxy) is 1. The van der Waals surface area contributed by atoms with Crippen LogP contribution in [0.1, 0.15) is 16.7 Å². The quantitative estimate of drug-likeness (QED) is 0.669. The largest absolute Gasteiger partial charge is 0.416 e. The van der Waals surface area contributed by atoms with Crippen molar-refractivity contribution in [2.24, 2.45) is 0 Å². The summed E-state index contributed by atoms with van der Waals surface area (Å²) in [6.07, 6.45) is -5.04.